The molecule has 1 aromatic heterocycles. The fraction of sp³-hybridized carbons (Fsp3) is 0.417. The number of fused-ring (bicyclic) bond motifs is 2. The number of hydrogen-bond donors (Lipinski definition) is 0. The summed E-state index contributed by atoms with van der Waals surface area (Å²) in [6, 6.07) is 12.5. The number of ether oxygens (including phenoxy) is 1. The van der Waals surface area contributed by atoms with Gasteiger partial charge in [-0.15, -0.1) is 0 Å². The van der Waals surface area contributed by atoms with E-state index in [1.807, 2.05) is 37.7 Å². The van der Waals surface area contributed by atoms with Crippen molar-refractivity contribution in [2.24, 2.45) is 5.92 Å². The molecule has 0 radical (unpaired) electrons. The van der Waals surface area contributed by atoms with Gasteiger partial charge in [-0.25, -0.2) is 9.97 Å². The zero-order valence-electron chi connectivity index (χ0n) is 18.1. The van der Waals surface area contributed by atoms with E-state index in [0.717, 1.165) is 16.7 Å². The molecule has 1 aliphatic carbocycles. The first-order chi connectivity index (χ1) is 15.1. The largest absolute Gasteiger partial charge is 0.495 e. The van der Waals surface area contributed by atoms with Crippen molar-refractivity contribution >= 4 is 45.0 Å². The quantitative estimate of drug-likeness (QED) is 0.478. The van der Waals surface area contributed by atoms with Crippen LogP contribution in [0.25, 0.3) is 10.9 Å². The summed E-state index contributed by atoms with van der Waals surface area (Å²) in [5.41, 5.74) is 2.01. The third-order valence-corrected chi connectivity index (χ3v) is 9.25. The van der Waals surface area contributed by atoms with E-state index in [1.165, 1.54) is 36.3 Å². The third-order valence-electron chi connectivity index (χ3n) is 6.20. The van der Waals surface area contributed by atoms with Gasteiger partial charge in [-0.1, -0.05) is 50.6 Å². The van der Waals surface area contributed by atoms with Crippen molar-refractivity contribution in [1.82, 2.24) is 9.97 Å². The van der Waals surface area contributed by atoms with Crippen molar-refractivity contribution in [2.75, 3.05) is 12.0 Å². The highest BCUT2D eigenvalue weighted by Gasteiger charge is 2.39. The van der Waals surface area contributed by atoms with Crippen LogP contribution in [-0.2, 0) is 10.8 Å². The van der Waals surface area contributed by atoms with Crippen molar-refractivity contribution in [3.63, 3.8) is 0 Å². The van der Waals surface area contributed by atoms with E-state index in [-0.39, 0.29) is 5.25 Å². The molecule has 1 saturated carbocycles. The van der Waals surface area contributed by atoms with Gasteiger partial charge in [0.25, 0.3) is 0 Å². The van der Waals surface area contributed by atoms with Crippen LogP contribution in [0.2, 0.25) is 0 Å². The molecule has 2 aromatic carbocycles. The van der Waals surface area contributed by atoms with Gasteiger partial charge in [0.15, 0.2) is 0 Å². The van der Waals surface area contributed by atoms with Crippen molar-refractivity contribution in [3.8, 4) is 5.75 Å². The Kier molecular flexibility index (Phi) is 5.65. The lowest BCUT2D eigenvalue weighted by Gasteiger charge is -2.30. The van der Waals surface area contributed by atoms with E-state index in [2.05, 4.69) is 34.1 Å². The van der Waals surface area contributed by atoms with Gasteiger partial charge in [-0.05, 0) is 37.0 Å². The van der Waals surface area contributed by atoms with Gasteiger partial charge >= 0.3 is 0 Å². The number of para-hydroxylation sites is 1. The molecule has 1 aliphatic heterocycles. The van der Waals surface area contributed by atoms with E-state index >= 15 is 0 Å². The Labute approximate surface area is 190 Å². The molecule has 0 bridgehead atoms. The van der Waals surface area contributed by atoms with Crippen molar-refractivity contribution in [1.29, 1.82) is 0 Å². The van der Waals surface area contributed by atoms with Crippen LogP contribution in [0.4, 0.5) is 11.5 Å². The van der Waals surface area contributed by atoms with E-state index < -0.39 is 10.8 Å². The Morgan fingerprint density at radius 3 is 2.68 bits per heavy atom. The SMILES string of the molecule is COc1cc2ncnc(N3c4ccccc4SC3C3CCCC3)c2cc1S(=O)C(C)C. The highest BCUT2D eigenvalue weighted by atomic mass is 32.2. The first-order valence-corrected chi connectivity index (χ1v) is 13.0. The fourth-order valence-electron chi connectivity index (χ4n) is 4.67. The third kappa shape index (κ3) is 3.61. The van der Waals surface area contributed by atoms with Crippen LogP contribution in [0.5, 0.6) is 5.75 Å². The van der Waals surface area contributed by atoms with Crippen molar-refractivity contribution in [3.05, 3.63) is 42.7 Å². The lowest BCUT2D eigenvalue weighted by atomic mass is 10.1. The molecule has 162 valence electrons. The van der Waals surface area contributed by atoms with Crippen LogP contribution >= 0.6 is 11.8 Å². The lowest BCUT2D eigenvalue weighted by Crippen LogP contribution is -2.31. The second kappa shape index (κ2) is 8.43. The summed E-state index contributed by atoms with van der Waals surface area (Å²) in [6.45, 7) is 3.93. The minimum atomic E-state index is -1.17. The van der Waals surface area contributed by atoms with Gasteiger partial charge in [-0.3, -0.25) is 4.21 Å². The molecule has 31 heavy (non-hydrogen) atoms. The molecule has 2 heterocycles. The summed E-state index contributed by atoms with van der Waals surface area (Å²) in [4.78, 5) is 13.7. The normalized spacial score (nSPS) is 19.9. The maximum Gasteiger partial charge on any atom is 0.145 e. The van der Waals surface area contributed by atoms with Gasteiger partial charge in [-0.2, -0.15) is 0 Å². The maximum absolute atomic E-state index is 13.0. The zero-order chi connectivity index (χ0) is 21.5. The number of methoxy groups -OCH3 is 1. The number of anilines is 2. The number of aromatic nitrogens is 2. The summed E-state index contributed by atoms with van der Waals surface area (Å²) in [5, 5.41) is 1.24. The van der Waals surface area contributed by atoms with Gasteiger partial charge in [0.1, 0.15) is 17.9 Å². The predicted octanol–water partition coefficient (Wildman–Crippen LogP) is 5.91. The monoisotopic (exact) mass is 453 g/mol. The van der Waals surface area contributed by atoms with Crippen molar-refractivity contribution in [2.45, 2.75) is 59.9 Å². The Balaban J connectivity index is 1.71. The number of thioether (sulfide) groups is 1. The molecule has 0 N–H and O–H groups in total. The molecule has 0 spiro atoms. The highest BCUT2D eigenvalue weighted by Crippen LogP contribution is 2.53. The van der Waals surface area contributed by atoms with Gasteiger partial charge in [0.05, 0.1) is 39.4 Å². The minimum absolute atomic E-state index is 0.00580. The van der Waals surface area contributed by atoms with E-state index in [0.29, 0.717) is 21.9 Å². The number of benzene rings is 2. The Bertz CT molecular complexity index is 1140. The van der Waals surface area contributed by atoms with Crippen LogP contribution in [0, 0.1) is 5.92 Å². The van der Waals surface area contributed by atoms with Crippen LogP contribution < -0.4 is 9.64 Å². The second-order valence-electron chi connectivity index (χ2n) is 8.45. The summed E-state index contributed by atoms with van der Waals surface area (Å²) in [6.07, 6.45) is 6.73. The van der Waals surface area contributed by atoms with Crippen molar-refractivity contribution < 1.29 is 8.95 Å². The molecular weight excluding hydrogens is 426 g/mol. The summed E-state index contributed by atoms with van der Waals surface area (Å²) in [7, 11) is 0.446. The molecule has 7 heteroatoms. The van der Waals surface area contributed by atoms with Gasteiger partial charge in [0, 0.05) is 21.6 Å². The van der Waals surface area contributed by atoms with Crippen LogP contribution in [0.15, 0.2) is 52.5 Å². The van der Waals surface area contributed by atoms with Crippen LogP contribution in [-0.4, -0.2) is 31.9 Å². The molecule has 2 unspecified atom stereocenters. The summed E-state index contributed by atoms with van der Waals surface area (Å²) >= 11 is 1.95. The van der Waals surface area contributed by atoms with E-state index in [4.69, 9.17) is 9.72 Å². The molecule has 3 aromatic rings. The predicted molar refractivity (Wildman–Crippen MR) is 128 cm³/mol. The highest BCUT2D eigenvalue weighted by molar-refractivity contribution is 8.00. The van der Waals surface area contributed by atoms with Gasteiger partial charge < -0.3 is 9.64 Å². The number of rotatable bonds is 5. The molecule has 2 aliphatic rings. The molecule has 5 rings (SSSR count). The molecule has 2 atom stereocenters. The zero-order valence-corrected chi connectivity index (χ0v) is 19.7. The van der Waals surface area contributed by atoms with Crippen LogP contribution in [0.3, 0.4) is 0 Å². The Morgan fingerprint density at radius 1 is 1.16 bits per heavy atom. The maximum atomic E-state index is 13.0. The average Bonchev–Trinajstić information content (AvgIpc) is 3.45. The second-order valence-corrected chi connectivity index (χ2v) is 11.6. The Hall–Kier alpha value is -2.12. The summed E-state index contributed by atoms with van der Waals surface area (Å²) in [5.74, 6) is 2.14. The average molecular weight is 454 g/mol. The fourth-order valence-corrected chi connectivity index (χ4v) is 7.24. The van der Waals surface area contributed by atoms with E-state index in [9.17, 15) is 4.21 Å². The molecule has 0 amide bonds. The minimum Gasteiger partial charge on any atom is -0.495 e. The molecule has 5 nitrogen and oxygen atoms in total. The Morgan fingerprint density at radius 2 is 1.94 bits per heavy atom. The lowest BCUT2D eigenvalue weighted by molar-refractivity contribution is 0.404. The standard InChI is InChI=1S/C24H27N3O2S2/c1-15(2)31(28)22-12-17-18(13-20(22)29-3)25-14-26-23(17)27-19-10-6-7-11-21(19)30-24(27)16-8-4-5-9-16/h6-7,10-16,24H,4-5,8-9H2,1-3H3. The van der Waals surface area contributed by atoms with Crippen LogP contribution in [0.1, 0.15) is 39.5 Å². The molecule has 1 fully saturated rings. The number of nitrogens with zero attached hydrogens (tertiary/aromatic N) is 3. The topological polar surface area (TPSA) is 55.3 Å². The van der Waals surface area contributed by atoms with Gasteiger partial charge in [0.2, 0.25) is 0 Å². The first kappa shape index (κ1) is 20.8. The number of hydrogen-bond acceptors (Lipinski definition) is 6. The molecule has 0 saturated heterocycles. The summed E-state index contributed by atoms with van der Waals surface area (Å²) < 4.78 is 18.6. The first-order valence-electron chi connectivity index (χ1n) is 10.9. The molecular formula is C24H27N3O2S2. The van der Waals surface area contributed by atoms with E-state index in [1.54, 1.807) is 13.4 Å². The smallest absolute Gasteiger partial charge is 0.145 e.